The van der Waals surface area contributed by atoms with Gasteiger partial charge in [0, 0.05) is 25.4 Å². The van der Waals surface area contributed by atoms with E-state index in [9.17, 15) is 19.8 Å². The lowest BCUT2D eigenvalue weighted by molar-refractivity contribution is -0.183. The lowest BCUT2D eigenvalue weighted by Gasteiger charge is -2.63. The fraction of sp³-hybridized carbons (Fsp3) is 0.682. The minimum absolute atomic E-state index is 0.0834. The number of hydrogen-bond donors (Lipinski definition) is 3. The molecule has 0 radical (unpaired) electrons. The van der Waals surface area contributed by atoms with Crippen molar-refractivity contribution in [1.82, 2.24) is 10.2 Å². The molecule has 7 nitrogen and oxygen atoms in total. The number of aliphatic hydroxyl groups is 2. The first-order chi connectivity index (χ1) is 24.2. The van der Waals surface area contributed by atoms with E-state index in [1.165, 1.54) is 12.8 Å². The molecule has 51 heavy (non-hydrogen) atoms. The molecule has 1 heterocycles. The smallest absolute Gasteiger partial charge is 0.245 e. The van der Waals surface area contributed by atoms with Gasteiger partial charge in [-0.3, -0.25) is 9.59 Å². The van der Waals surface area contributed by atoms with Crippen LogP contribution < -0.4 is 5.32 Å². The van der Waals surface area contributed by atoms with E-state index in [1.807, 2.05) is 60.7 Å². The Morgan fingerprint density at radius 2 is 1.51 bits per heavy atom. The zero-order valence-electron chi connectivity index (χ0n) is 31.6. The highest BCUT2D eigenvalue weighted by atomic mass is 16.5. The molecule has 8 rings (SSSR count). The lowest BCUT2D eigenvalue weighted by Crippen LogP contribution is -2.59. The molecule has 2 aromatic rings. The van der Waals surface area contributed by atoms with Crippen LogP contribution in [0.1, 0.15) is 104 Å². The van der Waals surface area contributed by atoms with Gasteiger partial charge in [0.15, 0.2) is 0 Å². The number of amides is 2. The Kier molecular flexibility index (Phi) is 8.40. The largest absolute Gasteiger partial charge is 0.393 e. The zero-order valence-corrected chi connectivity index (χ0v) is 31.6. The van der Waals surface area contributed by atoms with Gasteiger partial charge in [0.2, 0.25) is 11.8 Å². The Balaban J connectivity index is 1.11. The highest BCUT2D eigenvalue weighted by Gasteiger charge is 2.84. The van der Waals surface area contributed by atoms with E-state index < -0.39 is 24.4 Å². The Morgan fingerprint density at radius 1 is 0.882 bits per heavy atom. The van der Waals surface area contributed by atoms with Gasteiger partial charge in [-0.2, -0.15) is 0 Å². The molecule has 0 aromatic heterocycles. The molecule has 3 N–H and O–H groups in total. The van der Waals surface area contributed by atoms with Gasteiger partial charge in [-0.15, -0.1) is 0 Å². The molecule has 0 bridgehead atoms. The second kappa shape index (κ2) is 12.1. The van der Waals surface area contributed by atoms with Crippen LogP contribution in [0.15, 0.2) is 60.7 Å². The molecule has 2 spiro atoms. The molecule has 2 amide bonds. The molecule has 5 saturated carbocycles. The molecule has 13 atom stereocenters. The second-order valence-electron chi connectivity index (χ2n) is 18.9. The summed E-state index contributed by atoms with van der Waals surface area (Å²) in [6, 6.07) is 18.9. The van der Waals surface area contributed by atoms with Crippen LogP contribution in [0.25, 0.3) is 0 Å². The summed E-state index contributed by atoms with van der Waals surface area (Å²) in [6.45, 7) is 14.0. The van der Waals surface area contributed by atoms with E-state index >= 15 is 0 Å². The van der Waals surface area contributed by atoms with Crippen molar-refractivity contribution in [2.75, 3.05) is 0 Å². The maximum atomic E-state index is 14.4. The molecule has 6 fully saturated rings. The van der Waals surface area contributed by atoms with Crippen molar-refractivity contribution < 1.29 is 24.5 Å². The maximum Gasteiger partial charge on any atom is 0.245 e. The van der Waals surface area contributed by atoms with Crippen LogP contribution in [0, 0.1) is 50.7 Å². The minimum Gasteiger partial charge on any atom is -0.393 e. The topological polar surface area (TPSA) is 99.1 Å². The predicted molar refractivity (Wildman–Crippen MR) is 197 cm³/mol. The van der Waals surface area contributed by atoms with Crippen LogP contribution in [0.5, 0.6) is 0 Å². The number of ether oxygens (including phenoxy) is 1. The number of rotatable bonds is 7. The summed E-state index contributed by atoms with van der Waals surface area (Å²) in [4.78, 5) is 29.6. The summed E-state index contributed by atoms with van der Waals surface area (Å²) < 4.78 is 7.16. The highest BCUT2D eigenvalue weighted by Crippen LogP contribution is 2.89. The van der Waals surface area contributed by atoms with E-state index in [0.717, 1.165) is 43.2 Å². The van der Waals surface area contributed by atoms with Gasteiger partial charge in [-0.1, -0.05) is 95.3 Å². The normalized spacial score (nSPS) is 43.7. The van der Waals surface area contributed by atoms with Gasteiger partial charge in [0.25, 0.3) is 0 Å². The van der Waals surface area contributed by atoms with Crippen molar-refractivity contribution in [3.05, 3.63) is 71.8 Å². The Labute approximate surface area is 304 Å². The van der Waals surface area contributed by atoms with E-state index in [4.69, 9.17) is 4.74 Å². The van der Waals surface area contributed by atoms with Gasteiger partial charge in [0.05, 0.1) is 24.4 Å². The molecule has 1 aliphatic heterocycles. The van der Waals surface area contributed by atoms with E-state index in [0.29, 0.717) is 31.3 Å². The Morgan fingerprint density at radius 3 is 2.18 bits per heavy atom. The van der Waals surface area contributed by atoms with E-state index in [-0.39, 0.29) is 56.8 Å². The number of carbonyl (C=O) groups is 2. The van der Waals surface area contributed by atoms with E-state index in [2.05, 4.69) is 39.9 Å². The van der Waals surface area contributed by atoms with Crippen molar-refractivity contribution in [3.8, 4) is 0 Å². The fourth-order valence-corrected chi connectivity index (χ4v) is 14.1. The number of carbonyl (C=O) groups excluding carboxylic acids is 2. The van der Waals surface area contributed by atoms with Gasteiger partial charge in [0.1, 0.15) is 6.04 Å². The van der Waals surface area contributed by atoms with Crippen LogP contribution in [-0.2, 0) is 27.4 Å². The third kappa shape index (κ3) is 4.92. The number of benzene rings is 2. The first kappa shape index (κ1) is 35.3. The summed E-state index contributed by atoms with van der Waals surface area (Å²) >= 11 is 0. The summed E-state index contributed by atoms with van der Waals surface area (Å²) in [6.07, 6.45) is 6.46. The summed E-state index contributed by atoms with van der Waals surface area (Å²) in [5.74, 6) is 0.897. The first-order valence-corrected chi connectivity index (χ1v) is 19.9. The molecule has 7 heteroatoms. The molecular formula is C44H60N2O5. The lowest BCUT2D eigenvalue weighted by atomic mass is 9.41. The Bertz CT molecular complexity index is 1650. The average Bonchev–Trinajstić information content (AvgIpc) is 3.74. The summed E-state index contributed by atoms with van der Waals surface area (Å²) in [5, 5.41) is 27.1. The number of fused-ring (bicyclic) bond motifs is 4. The van der Waals surface area contributed by atoms with Crippen molar-refractivity contribution in [2.24, 2.45) is 50.7 Å². The Hall–Kier alpha value is -2.74. The monoisotopic (exact) mass is 696 g/mol. The summed E-state index contributed by atoms with van der Waals surface area (Å²) in [5.41, 5.74) is 1.93. The standard InChI is InChI=1S/C44H60N2O5/c1-27-23-31(36(39(50)45-24-29-13-9-7-10-14-29)46(28(2)47)25-30-15-11-8-12-16-30)51-37-35(27)41(5)21-22-44-26-43(44)20-19-34(48)40(3,4)32(43)17-18-33(44)42(41,6)38(37)49/h7-16,27,31-38,48-49H,17-26H2,1-6H3,(H,45,50)/t27-,31?,32+,33?,34?,35+,36?,37?,38+,41-,42-,43-,44+/m1/s1. The number of aliphatic hydroxyl groups excluding tert-OH is 2. The van der Waals surface area contributed by atoms with Gasteiger partial charge >= 0.3 is 0 Å². The van der Waals surface area contributed by atoms with Crippen molar-refractivity contribution in [2.45, 2.75) is 136 Å². The SMILES string of the molecule is CC(=O)N(Cc1ccccc1)C(C(=O)NCc1ccccc1)C1C[C@@H](C)[C@H]2C(O1)[C@H](O)[C@@]1(C)C3CC[C@H]4C(C)(C)C(O)CC[C@@]45C[C@@]35CC[C@]21C. The first-order valence-electron chi connectivity index (χ1n) is 19.9. The summed E-state index contributed by atoms with van der Waals surface area (Å²) in [7, 11) is 0. The third-order valence-electron chi connectivity index (χ3n) is 16.7. The van der Waals surface area contributed by atoms with Gasteiger partial charge in [-0.25, -0.2) is 0 Å². The number of nitrogens with one attached hydrogen (secondary N) is 1. The molecule has 1 saturated heterocycles. The molecule has 2 aromatic carbocycles. The van der Waals surface area contributed by atoms with Crippen molar-refractivity contribution >= 4 is 11.8 Å². The third-order valence-corrected chi connectivity index (χ3v) is 16.7. The molecule has 5 aliphatic carbocycles. The van der Waals surface area contributed by atoms with Crippen molar-refractivity contribution in [3.63, 3.8) is 0 Å². The molecular weight excluding hydrogens is 636 g/mol. The van der Waals surface area contributed by atoms with Gasteiger partial charge < -0.3 is 25.2 Å². The van der Waals surface area contributed by atoms with Crippen molar-refractivity contribution in [1.29, 1.82) is 0 Å². The predicted octanol–water partition coefficient (Wildman–Crippen LogP) is 6.89. The van der Waals surface area contributed by atoms with Crippen LogP contribution in [-0.4, -0.2) is 57.4 Å². The fourth-order valence-electron chi connectivity index (χ4n) is 14.1. The van der Waals surface area contributed by atoms with Gasteiger partial charge in [-0.05, 0) is 108 Å². The zero-order chi connectivity index (χ0) is 36.1. The van der Waals surface area contributed by atoms with Crippen LogP contribution in [0.2, 0.25) is 0 Å². The highest BCUT2D eigenvalue weighted by molar-refractivity contribution is 5.87. The molecule has 5 unspecified atom stereocenters. The number of hydrogen-bond acceptors (Lipinski definition) is 5. The maximum absolute atomic E-state index is 14.4. The molecule has 276 valence electrons. The average molecular weight is 697 g/mol. The second-order valence-corrected chi connectivity index (χ2v) is 18.9. The number of nitrogens with zero attached hydrogens (tertiary/aromatic N) is 1. The van der Waals surface area contributed by atoms with Crippen LogP contribution in [0.3, 0.4) is 0 Å². The van der Waals surface area contributed by atoms with E-state index in [1.54, 1.807) is 11.8 Å². The quantitative estimate of drug-likeness (QED) is 0.293. The van der Waals surface area contributed by atoms with Crippen LogP contribution in [0.4, 0.5) is 0 Å². The minimum atomic E-state index is -0.838. The van der Waals surface area contributed by atoms with Crippen LogP contribution >= 0.6 is 0 Å². The molecule has 6 aliphatic rings.